The average molecular weight is 337 g/mol. The zero-order chi connectivity index (χ0) is 17.6. The van der Waals surface area contributed by atoms with E-state index in [0.29, 0.717) is 5.56 Å². The van der Waals surface area contributed by atoms with Crippen LogP contribution in [0.1, 0.15) is 21.5 Å². The summed E-state index contributed by atoms with van der Waals surface area (Å²) >= 11 is 0. The van der Waals surface area contributed by atoms with Gasteiger partial charge in [-0.2, -0.15) is 22.8 Å². The summed E-state index contributed by atoms with van der Waals surface area (Å²) in [5.74, 6) is -1.28. The lowest BCUT2D eigenvalue weighted by atomic mass is 10.0. The summed E-state index contributed by atoms with van der Waals surface area (Å²) in [6.45, 7) is 1.31. The van der Waals surface area contributed by atoms with Crippen molar-refractivity contribution in [2.75, 3.05) is 0 Å². The van der Waals surface area contributed by atoms with Crippen molar-refractivity contribution in [1.29, 1.82) is 0 Å². The second kappa shape index (κ2) is 5.22. The van der Waals surface area contributed by atoms with Gasteiger partial charge in [0, 0.05) is 6.07 Å². The van der Waals surface area contributed by atoms with Crippen LogP contribution in [0.4, 0.5) is 13.2 Å². The van der Waals surface area contributed by atoms with Crippen LogP contribution < -0.4 is 5.56 Å². The Hall–Kier alpha value is -3.10. The first-order valence-corrected chi connectivity index (χ1v) is 6.71. The Morgan fingerprint density at radius 3 is 2.58 bits per heavy atom. The second-order valence-corrected chi connectivity index (χ2v) is 5.17. The highest BCUT2D eigenvalue weighted by Gasteiger charge is 2.32. The fourth-order valence-electron chi connectivity index (χ4n) is 2.45. The van der Waals surface area contributed by atoms with Gasteiger partial charge >= 0.3 is 12.1 Å². The number of aryl methyl sites for hydroxylation is 1. The molecule has 0 saturated carbocycles. The van der Waals surface area contributed by atoms with E-state index in [-0.39, 0.29) is 22.5 Å². The quantitative estimate of drug-likeness (QED) is 0.753. The Morgan fingerprint density at radius 1 is 1.29 bits per heavy atom. The zero-order valence-electron chi connectivity index (χ0n) is 12.2. The number of nitrogens with one attached hydrogen (secondary N) is 1. The van der Waals surface area contributed by atoms with Gasteiger partial charge in [0.1, 0.15) is 5.56 Å². The summed E-state index contributed by atoms with van der Waals surface area (Å²) in [6, 6.07) is 4.56. The largest absolute Gasteiger partial charge is 0.477 e. The molecule has 0 bridgehead atoms. The molecule has 3 aromatic rings. The smallest absolute Gasteiger partial charge is 0.416 e. The summed E-state index contributed by atoms with van der Waals surface area (Å²) in [7, 11) is 0. The summed E-state index contributed by atoms with van der Waals surface area (Å²) in [4.78, 5) is 25.9. The molecule has 6 nitrogen and oxygen atoms in total. The molecule has 0 radical (unpaired) electrons. The molecule has 0 amide bonds. The Bertz CT molecular complexity index is 1020. The van der Waals surface area contributed by atoms with Gasteiger partial charge < -0.3 is 10.1 Å². The number of rotatable bonds is 2. The van der Waals surface area contributed by atoms with E-state index in [1.807, 2.05) is 0 Å². The normalized spacial score (nSPS) is 11.8. The number of aromatic nitrogens is 3. The maximum atomic E-state index is 12.8. The van der Waals surface area contributed by atoms with Crippen molar-refractivity contribution >= 4 is 11.6 Å². The lowest BCUT2D eigenvalue weighted by molar-refractivity contribution is -0.138. The van der Waals surface area contributed by atoms with Gasteiger partial charge in [0.15, 0.2) is 5.65 Å². The Balaban J connectivity index is 2.20. The molecule has 0 atom stereocenters. The first-order valence-electron chi connectivity index (χ1n) is 6.71. The molecule has 3 rings (SSSR count). The number of carboxylic acid groups (broad SMARTS) is 1. The molecule has 0 spiro atoms. The molecule has 2 N–H and O–H groups in total. The SMILES string of the molecule is Cc1cc(-c2cc(=O)n3ncc(C(=O)O)c3[nH]2)ccc1C(F)(F)F. The number of H-pyrrole nitrogens is 1. The minimum absolute atomic E-state index is 0.00677. The van der Waals surface area contributed by atoms with Crippen molar-refractivity contribution in [2.45, 2.75) is 13.1 Å². The van der Waals surface area contributed by atoms with E-state index < -0.39 is 23.3 Å². The van der Waals surface area contributed by atoms with Crippen molar-refractivity contribution in [2.24, 2.45) is 0 Å². The molecule has 0 aliphatic rings. The highest BCUT2D eigenvalue weighted by atomic mass is 19.4. The third kappa shape index (κ3) is 2.53. The average Bonchev–Trinajstić information content (AvgIpc) is 2.90. The molecule has 0 unspecified atom stereocenters. The van der Waals surface area contributed by atoms with Crippen LogP contribution in [0.3, 0.4) is 0 Å². The Labute approximate surface area is 132 Å². The number of aromatic amines is 1. The van der Waals surface area contributed by atoms with Crippen LogP contribution in [0, 0.1) is 6.92 Å². The molecular formula is C15H10F3N3O3. The third-order valence-electron chi connectivity index (χ3n) is 3.57. The molecule has 1 aromatic carbocycles. The molecule has 124 valence electrons. The number of halogens is 3. The van der Waals surface area contributed by atoms with Crippen LogP contribution in [0.5, 0.6) is 0 Å². The van der Waals surface area contributed by atoms with E-state index in [1.165, 1.54) is 19.1 Å². The molecule has 9 heteroatoms. The third-order valence-corrected chi connectivity index (χ3v) is 3.57. The number of nitrogens with zero attached hydrogens (tertiary/aromatic N) is 2. The minimum atomic E-state index is -4.47. The maximum absolute atomic E-state index is 12.8. The molecule has 0 aliphatic carbocycles. The first kappa shape index (κ1) is 15.8. The summed E-state index contributed by atoms with van der Waals surface area (Å²) in [5, 5.41) is 12.8. The van der Waals surface area contributed by atoms with Gasteiger partial charge in [0.2, 0.25) is 0 Å². The van der Waals surface area contributed by atoms with Gasteiger partial charge in [-0.25, -0.2) is 4.79 Å². The standard InChI is InChI=1S/C15H10F3N3O3/c1-7-4-8(2-3-10(7)15(16,17)18)11-5-12(22)21-13(20-11)9(6-19-21)14(23)24/h2-6,20H,1H3,(H,23,24). The Kier molecular flexibility index (Phi) is 3.43. The molecule has 0 fully saturated rings. The fraction of sp³-hybridized carbons (Fsp3) is 0.133. The van der Waals surface area contributed by atoms with E-state index in [2.05, 4.69) is 10.1 Å². The minimum Gasteiger partial charge on any atom is -0.477 e. The number of carboxylic acids is 1. The van der Waals surface area contributed by atoms with Crippen molar-refractivity contribution in [3.8, 4) is 11.3 Å². The van der Waals surface area contributed by atoms with Gasteiger partial charge in [-0.3, -0.25) is 4.79 Å². The zero-order valence-corrected chi connectivity index (χ0v) is 12.2. The predicted molar refractivity (Wildman–Crippen MR) is 77.9 cm³/mol. The molecule has 24 heavy (non-hydrogen) atoms. The molecule has 2 heterocycles. The number of fused-ring (bicyclic) bond motifs is 1. The molecule has 2 aromatic heterocycles. The van der Waals surface area contributed by atoms with Gasteiger partial charge in [-0.15, -0.1) is 0 Å². The number of carbonyl (C=O) groups is 1. The van der Waals surface area contributed by atoms with Crippen molar-refractivity contribution in [3.05, 3.63) is 57.5 Å². The van der Waals surface area contributed by atoms with Crippen LogP contribution >= 0.6 is 0 Å². The number of aromatic carboxylic acids is 1. The van der Waals surface area contributed by atoms with Gasteiger partial charge in [-0.05, 0) is 30.2 Å². The van der Waals surface area contributed by atoms with Crippen molar-refractivity contribution < 1.29 is 23.1 Å². The number of alkyl halides is 3. The van der Waals surface area contributed by atoms with E-state index in [0.717, 1.165) is 22.8 Å². The fourth-order valence-corrected chi connectivity index (χ4v) is 2.45. The predicted octanol–water partition coefficient (Wildman–Crippen LogP) is 2.72. The highest BCUT2D eigenvalue weighted by Crippen LogP contribution is 2.33. The van der Waals surface area contributed by atoms with Crippen LogP contribution in [0.25, 0.3) is 16.9 Å². The monoisotopic (exact) mass is 337 g/mol. The van der Waals surface area contributed by atoms with Crippen LogP contribution in [0.15, 0.2) is 35.3 Å². The number of hydrogen-bond acceptors (Lipinski definition) is 3. The summed E-state index contributed by atoms with van der Waals surface area (Å²) < 4.78 is 39.3. The summed E-state index contributed by atoms with van der Waals surface area (Å²) in [5.41, 5.74) is -1.09. The summed E-state index contributed by atoms with van der Waals surface area (Å²) in [6.07, 6.45) is -3.45. The van der Waals surface area contributed by atoms with E-state index in [9.17, 15) is 22.8 Å². The Morgan fingerprint density at radius 2 is 2.00 bits per heavy atom. The molecular weight excluding hydrogens is 327 g/mol. The van der Waals surface area contributed by atoms with Crippen LogP contribution in [0.2, 0.25) is 0 Å². The lowest BCUT2D eigenvalue weighted by Gasteiger charge is -2.12. The van der Waals surface area contributed by atoms with Crippen LogP contribution in [-0.2, 0) is 6.18 Å². The molecule has 0 aliphatic heterocycles. The van der Waals surface area contributed by atoms with E-state index in [1.54, 1.807) is 0 Å². The highest BCUT2D eigenvalue weighted by molar-refractivity contribution is 5.94. The van der Waals surface area contributed by atoms with E-state index in [4.69, 9.17) is 5.11 Å². The first-order chi connectivity index (χ1) is 11.2. The number of hydrogen-bond donors (Lipinski definition) is 2. The topological polar surface area (TPSA) is 87.5 Å². The maximum Gasteiger partial charge on any atom is 0.416 e. The van der Waals surface area contributed by atoms with Crippen molar-refractivity contribution in [1.82, 2.24) is 14.6 Å². The van der Waals surface area contributed by atoms with Crippen LogP contribution in [-0.4, -0.2) is 25.7 Å². The van der Waals surface area contributed by atoms with Gasteiger partial charge in [-0.1, -0.05) is 6.07 Å². The van der Waals surface area contributed by atoms with E-state index >= 15 is 0 Å². The van der Waals surface area contributed by atoms with Crippen molar-refractivity contribution in [3.63, 3.8) is 0 Å². The van der Waals surface area contributed by atoms with Gasteiger partial charge in [0.25, 0.3) is 5.56 Å². The number of benzene rings is 1. The second-order valence-electron chi connectivity index (χ2n) is 5.17. The molecule has 0 saturated heterocycles. The van der Waals surface area contributed by atoms with Gasteiger partial charge in [0.05, 0.1) is 17.5 Å². The lowest BCUT2D eigenvalue weighted by Crippen LogP contribution is -2.15.